The first-order valence-corrected chi connectivity index (χ1v) is 8.47. The zero-order valence-corrected chi connectivity index (χ0v) is 18.0. The molecule has 3 aromatic rings. The first kappa shape index (κ1) is 20.9. The largest absolute Gasteiger partial charge is 0.497 e. The van der Waals surface area contributed by atoms with Crippen LogP contribution in [0.3, 0.4) is 0 Å². The van der Waals surface area contributed by atoms with E-state index in [-0.39, 0.29) is 24.0 Å². The van der Waals surface area contributed by atoms with Crippen molar-refractivity contribution in [1.29, 1.82) is 0 Å². The Hall–Kier alpha value is -2.42. The van der Waals surface area contributed by atoms with Crippen LogP contribution in [0.25, 0.3) is 10.9 Å². The Morgan fingerprint density at radius 1 is 1.15 bits per heavy atom. The highest BCUT2D eigenvalue weighted by atomic mass is 127. The van der Waals surface area contributed by atoms with E-state index in [1.165, 1.54) is 16.6 Å². The number of benzene rings is 2. The fourth-order valence-electron chi connectivity index (χ4n) is 3.03. The number of halogens is 1. The summed E-state index contributed by atoms with van der Waals surface area (Å²) in [5.74, 6) is 1.74. The number of rotatable bonds is 6. The van der Waals surface area contributed by atoms with Gasteiger partial charge in [0.2, 0.25) is 0 Å². The van der Waals surface area contributed by atoms with Crippen LogP contribution in [-0.4, -0.2) is 31.7 Å². The molecule has 0 aliphatic heterocycles. The topological polar surface area (TPSA) is 84.7 Å². The van der Waals surface area contributed by atoms with Gasteiger partial charge in [-0.15, -0.1) is 24.0 Å². The van der Waals surface area contributed by atoms with Gasteiger partial charge in [-0.3, -0.25) is 4.99 Å². The van der Waals surface area contributed by atoms with Crippen molar-refractivity contribution in [2.45, 2.75) is 13.3 Å². The molecule has 0 saturated heterocycles. The number of aryl methyl sites for hydroxylation is 1. The summed E-state index contributed by atoms with van der Waals surface area (Å²) < 4.78 is 10.6. The fourth-order valence-corrected chi connectivity index (χ4v) is 3.03. The molecule has 7 heteroatoms. The van der Waals surface area contributed by atoms with Crippen molar-refractivity contribution in [2.24, 2.45) is 10.7 Å². The molecule has 1 aromatic heterocycles. The quantitative estimate of drug-likeness (QED) is 0.282. The summed E-state index contributed by atoms with van der Waals surface area (Å²) >= 11 is 0. The van der Waals surface area contributed by atoms with Gasteiger partial charge in [0.15, 0.2) is 5.96 Å². The molecule has 4 N–H and O–H groups in total. The van der Waals surface area contributed by atoms with E-state index in [0.29, 0.717) is 18.3 Å². The average Bonchev–Trinajstić information content (AvgIpc) is 2.97. The normalized spacial score (nSPS) is 11.1. The molecule has 27 heavy (non-hydrogen) atoms. The molecule has 0 radical (unpaired) electrons. The van der Waals surface area contributed by atoms with Crippen LogP contribution in [0.15, 0.2) is 47.5 Å². The molecule has 0 aliphatic rings. The predicted octanol–water partition coefficient (Wildman–Crippen LogP) is 4.08. The van der Waals surface area contributed by atoms with Crippen LogP contribution >= 0.6 is 24.0 Å². The number of aromatic amines is 1. The highest BCUT2D eigenvalue weighted by Gasteiger charge is 2.08. The van der Waals surface area contributed by atoms with Gasteiger partial charge in [-0.2, -0.15) is 0 Å². The van der Waals surface area contributed by atoms with E-state index >= 15 is 0 Å². The number of aliphatic imine (C=N–C) groups is 1. The van der Waals surface area contributed by atoms with E-state index in [0.717, 1.165) is 23.4 Å². The Labute approximate surface area is 176 Å². The number of para-hydroxylation sites is 1. The molecule has 3 rings (SSSR count). The summed E-state index contributed by atoms with van der Waals surface area (Å²) in [4.78, 5) is 7.85. The van der Waals surface area contributed by atoms with Crippen molar-refractivity contribution < 1.29 is 9.47 Å². The SMILES string of the molecule is COc1ccc(OC)c(NC(N)=NCCc2c(C)[nH]c3ccccc23)c1.I. The number of hydrogen-bond donors (Lipinski definition) is 3. The smallest absolute Gasteiger partial charge is 0.193 e. The molecule has 0 bridgehead atoms. The van der Waals surface area contributed by atoms with Crippen LogP contribution in [0.1, 0.15) is 11.3 Å². The number of nitrogens with zero attached hydrogens (tertiary/aromatic N) is 1. The molecule has 0 amide bonds. The number of guanidine groups is 1. The number of fused-ring (bicyclic) bond motifs is 1. The molecule has 144 valence electrons. The van der Waals surface area contributed by atoms with E-state index in [2.05, 4.69) is 34.3 Å². The zero-order valence-electron chi connectivity index (χ0n) is 15.7. The standard InChI is InChI=1S/C20H24N4O2.HI/c1-13-15(16-6-4-5-7-17(16)23-13)10-11-22-20(21)24-18-12-14(25-2)8-9-19(18)26-3;/h4-9,12,23H,10-11H2,1-3H3,(H3,21,22,24);1H. The van der Waals surface area contributed by atoms with Gasteiger partial charge >= 0.3 is 0 Å². The minimum absolute atomic E-state index is 0. The Balaban J connectivity index is 0.00000261. The number of H-pyrrole nitrogens is 1. The lowest BCUT2D eigenvalue weighted by atomic mass is 10.1. The van der Waals surface area contributed by atoms with Crippen LogP contribution in [0.4, 0.5) is 5.69 Å². The molecule has 0 unspecified atom stereocenters. The molecule has 0 atom stereocenters. The average molecular weight is 480 g/mol. The maximum Gasteiger partial charge on any atom is 0.193 e. The van der Waals surface area contributed by atoms with Crippen molar-refractivity contribution in [3.8, 4) is 11.5 Å². The minimum atomic E-state index is 0. The van der Waals surface area contributed by atoms with Gasteiger partial charge in [-0.1, -0.05) is 18.2 Å². The second-order valence-electron chi connectivity index (χ2n) is 5.98. The third-order valence-corrected chi connectivity index (χ3v) is 4.34. The number of nitrogens with two attached hydrogens (primary N) is 1. The first-order chi connectivity index (χ1) is 12.6. The molecule has 0 spiro atoms. The van der Waals surface area contributed by atoms with Crippen molar-refractivity contribution in [1.82, 2.24) is 4.98 Å². The van der Waals surface area contributed by atoms with Crippen LogP contribution < -0.4 is 20.5 Å². The van der Waals surface area contributed by atoms with Crippen LogP contribution in [0, 0.1) is 6.92 Å². The highest BCUT2D eigenvalue weighted by Crippen LogP contribution is 2.28. The summed E-state index contributed by atoms with van der Waals surface area (Å²) in [5, 5.41) is 4.32. The van der Waals surface area contributed by atoms with Gasteiger partial charge in [0.25, 0.3) is 0 Å². The second kappa shape index (κ2) is 9.50. The Kier molecular flexibility index (Phi) is 7.35. The summed E-state index contributed by atoms with van der Waals surface area (Å²) in [7, 11) is 3.23. The second-order valence-corrected chi connectivity index (χ2v) is 5.98. The summed E-state index contributed by atoms with van der Waals surface area (Å²) in [6.45, 7) is 2.68. The number of nitrogens with one attached hydrogen (secondary N) is 2. The van der Waals surface area contributed by atoms with Crippen molar-refractivity contribution in [3.63, 3.8) is 0 Å². The first-order valence-electron chi connectivity index (χ1n) is 8.47. The molecule has 6 nitrogen and oxygen atoms in total. The van der Waals surface area contributed by atoms with Gasteiger partial charge in [0, 0.05) is 29.2 Å². The number of methoxy groups -OCH3 is 2. The lowest BCUT2D eigenvalue weighted by Crippen LogP contribution is -2.23. The molecule has 1 heterocycles. The monoisotopic (exact) mass is 480 g/mol. The van der Waals surface area contributed by atoms with Crippen LogP contribution in [0.5, 0.6) is 11.5 Å². The van der Waals surface area contributed by atoms with Crippen molar-refractivity contribution >= 4 is 46.5 Å². The minimum Gasteiger partial charge on any atom is -0.497 e. The van der Waals surface area contributed by atoms with E-state index < -0.39 is 0 Å². The maximum absolute atomic E-state index is 6.05. The Bertz CT molecular complexity index is 937. The maximum atomic E-state index is 6.05. The highest BCUT2D eigenvalue weighted by molar-refractivity contribution is 14.0. The lowest BCUT2D eigenvalue weighted by molar-refractivity contribution is 0.405. The van der Waals surface area contributed by atoms with E-state index in [1.54, 1.807) is 14.2 Å². The van der Waals surface area contributed by atoms with Crippen LogP contribution in [0.2, 0.25) is 0 Å². The number of ether oxygens (including phenoxy) is 2. The van der Waals surface area contributed by atoms with Gasteiger partial charge in [-0.25, -0.2) is 0 Å². The van der Waals surface area contributed by atoms with Crippen molar-refractivity contribution in [3.05, 3.63) is 53.7 Å². The summed E-state index contributed by atoms with van der Waals surface area (Å²) in [6, 6.07) is 13.8. The van der Waals surface area contributed by atoms with Gasteiger partial charge in [0.05, 0.1) is 19.9 Å². The van der Waals surface area contributed by atoms with Gasteiger partial charge < -0.3 is 25.5 Å². The van der Waals surface area contributed by atoms with E-state index in [1.807, 2.05) is 30.3 Å². The van der Waals surface area contributed by atoms with Gasteiger partial charge in [-0.05, 0) is 37.1 Å². The summed E-state index contributed by atoms with van der Waals surface area (Å²) in [5.41, 5.74) is 10.4. The number of anilines is 1. The van der Waals surface area contributed by atoms with Crippen LogP contribution in [-0.2, 0) is 6.42 Å². The lowest BCUT2D eigenvalue weighted by Gasteiger charge is -2.12. The van der Waals surface area contributed by atoms with E-state index in [9.17, 15) is 0 Å². The molecular weight excluding hydrogens is 455 g/mol. The van der Waals surface area contributed by atoms with Crippen molar-refractivity contribution in [2.75, 3.05) is 26.1 Å². The zero-order chi connectivity index (χ0) is 18.5. The Morgan fingerprint density at radius 3 is 2.67 bits per heavy atom. The Morgan fingerprint density at radius 2 is 1.93 bits per heavy atom. The molecule has 2 aromatic carbocycles. The van der Waals surface area contributed by atoms with Gasteiger partial charge in [0.1, 0.15) is 11.5 Å². The third-order valence-electron chi connectivity index (χ3n) is 4.34. The molecule has 0 saturated carbocycles. The predicted molar refractivity (Wildman–Crippen MR) is 122 cm³/mol. The third kappa shape index (κ3) is 4.85. The number of hydrogen-bond acceptors (Lipinski definition) is 3. The molecule has 0 aliphatic carbocycles. The molecule has 0 fully saturated rings. The fraction of sp³-hybridized carbons (Fsp3) is 0.250. The summed E-state index contributed by atoms with van der Waals surface area (Å²) in [6.07, 6.45) is 0.813. The van der Waals surface area contributed by atoms with E-state index in [4.69, 9.17) is 15.2 Å². The molecular formula is C20H25IN4O2. The number of aromatic nitrogens is 1.